The van der Waals surface area contributed by atoms with Crippen molar-refractivity contribution in [2.75, 3.05) is 31.5 Å². The zero-order valence-corrected chi connectivity index (χ0v) is 18.7. The molecule has 6 heteroatoms. The second-order valence-electron chi connectivity index (χ2n) is 9.32. The molecule has 1 aliphatic rings. The van der Waals surface area contributed by atoms with Crippen LogP contribution in [-0.2, 0) is 6.42 Å². The quantitative estimate of drug-likeness (QED) is 0.644. The van der Waals surface area contributed by atoms with Crippen LogP contribution in [0.25, 0.3) is 0 Å². The molecule has 1 saturated heterocycles. The van der Waals surface area contributed by atoms with Crippen molar-refractivity contribution in [3.63, 3.8) is 0 Å². The van der Waals surface area contributed by atoms with E-state index in [0.29, 0.717) is 17.9 Å². The van der Waals surface area contributed by atoms with Gasteiger partial charge in [0.2, 0.25) is 5.95 Å². The maximum Gasteiger partial charge on any atom is 0.257 e. The van der Waals surface area contributed by atoms with Crippen LogP contribution in [0.15, 0.2) is 36.5 Å². The molecule has 0 spiro atoms. The van der Waals surface area contributed by atoms with Crippen molar-refractivity contribution < 1.29 is 4.79 Å². The first kappa shape index (κ1) is 22.2. The predicted octanol–water partition coefficient (Wildman–Crippen LogP) is 4.06. The number of anilines is 1. The number of likely N-dealkylation sites (tertiary alicyclic amines) is 1. The first-order chi connectivity index (χ1) is 14.3. The summed E-state index contributed by atoms with van der Waals surface area (Å²) in [6, 6.07) is 10.3. The number of carbonyl (C=O) groups is 1. The lowest BCUT2D eigenvalue weighted by atomic mass is 9.97. The van der Waals surface area contributed by atoms with E-state index < -0.39 is 0 Å². The largest absolute Gasteiger partial charge is 0.348 e. The molecule has 1 amide bonds. The number of amides is 1. The molecule has 1 aromatic heterocycles. The highest BCUT2D eigenvalue weighted by atomic mass is 16.2. The standard InChI is InChI=1S/C24H35N5O/c1-18(19-10-6-5-7-11-19)27-23-26-16-20(22(30)29-14-8-9-15-29)21(28-23)12-13-25-17-24(2,3)4/h5-7,10-11,16,18,25H,8-9,12-15,17H2,1-4H3,(H,26,27,28)/t18-/m0/s1. The highest BCUT2D eigenvalue weighted by molar-refractivity contribution is 5.95. The van der Waals surface area contributed by atoms with Gasteiger partial charge in [-0.1, -0.05) is 51.1 Å². The fourth-order valence-corrected chi connectivity index (χ4v) is 3.64. The van der Waals surface area contributed by atoms with E-state index in [-0.39, 0.29) is 17.4 Å². The third kappa shape index (κ3) is 6.26. The summed E-state index contributed by atoms with van der Waals surface area (Å²) >= 11 is 0. The molecule has 0 saturated carbocycles. The Labute approximate surface area is 180 Å². The van der Waals surface area contributed by atoms with Crippen LogP contribution in [-0.4, -0.2) is 47.0 Å². The zero-order chi connectivity index (χ0) is 21.6. The average Bonchev–Trinajstić information content (AvgIpc) is 3.26. The minimum Gasteiger partial charge on any atom is -0.348 e. The summed E-state index contributed by atoms with van der Waals surface area (Å²) in [7, 11) is 0. The summed E-state index contributed by atoms with van der Waals surface area (Å²) in [5, 5.41) is 6.87. The molecule has 0 radical (unpaired) electrons. The fourth-order valence-electron chi connectivity index (χ4n) is 3.64. The maximum atomic E-state index is 13.0. The van der Waals surface area contributed by atoms with Gasteiger partial charge in [-0.25, -0.2) is 9.97 Å². The number of nitrogens with zero attached hydrogens (tertiary/aromatic N) is 3. The molecular formula is C24H35N5O. The van der Waals surface area contributed by atoms with Crippen molar-refractivity contribution in [1.82, 2.24) is 20.2 Å². The third-order valence-corrected chi connectivity index (χ3v) is 5.33. The van der Waals surface area contributed by atoms with Crippen LogP contribution in [0.2, 0.25) is 0 Å². The summed E-state index contributed by atoms with van der Waals surface area (Å²) in [5.74, 6) is 0.621. The van der Waals surface area contributed by atoms with Gasteiger partial charge in [0.25, 0.3) is 5.91 Å². The van der Waals surface area contributed by atoms with Crippen LogP contribution < -0.4 is 10.6 Å². The van der Waals surface area contributed by atoms with Crippen molar-refractivity contribution in [2.45, 2.75) is 53.0 Å². The highest BCUT2D eigenvalue weighted by Crippen LogP contribution is 2.20. The van der Waals surface area contributed by atoms with Crippen LogP contribution in [0.4, 0.5) is 5.95 Å². The number of aromatic nitrogens is 2. The Morgan fingerprint density at radius 2 is 1.87 bits per heavy atom. The van der Waals surface area contributed by atoms with Gasteiger partial charge in [0, 0.05) is 38.8 Å². The van der Waals surface area contributed by atoms with Crippen LogP contribution in [0.1, 0.15) is 68.2 Å². The van der Waals surface area contributed by atoms with E-state index in [4.69, 9.17) is 4.98 Å². The van der Waals surface area contributed by atoms with E-state index in [1.54, 1.807) is 6.20 Å². The molecule has 1 aromatic carbocycles. The molecule has 3 rings (SSSR count). The summed E-state index contributed by atoms with van der Waals surface area (Å²) in [5.41, 5.74) is 2.84. The second-order valence-corrected chi connectivity index (χ2v) is 9.32. The van der Waals surface area contributed by atoms with Gasteiger partial charge in [-0.05, 0) is 30.7 Å². The Hall–Kier alpha value is -2.47. The molecule has 1 atom stereocenters. The van der Waals surface area contributed by atoms with Gasteiger partial charge in [-0.3, -0.25) is 4.79 Å². The summed E-state index contributed by atoms with van der Waals surface area (Å²) in [6.45, 7) is 12.1. The molecule has 162 valence electrons. The zero-order valence-electron chi connectivity index (χ0n) is 18.7. The number of nitrogens with one attached hydrogen (secondary N) is 2. The Morgan fingerprint density at radius 1 is 1.17 bits per heavy atom. The van der Waals surface area contributed by atoms with Crippen molar-refractivity contribution in [3.05, 3.63) is 53.3 Å². The monoisotopic (exact) mass is 409 g/mol. The van der Waals surface area contributed by atoms with Gasteiger partial charge in [0.1, 0.15) is 0 Å². The normalized spacial score (nSPS) is 15.3. The summed E-state index contributed by atoms with van der Waals surface area (Å²) < 4.78 is 0. The number of carbonyl (C=O) groups excluding carboxylic acids is 1. The van der Waals surface area contributed by atoms with E-state index in [9.17, 15) is 4.79 Å². The van der Waals surface area contributed by atoms with Gasteiger partial charge in [0.15, 0.2) is 0 Å². The van der Waals surface area contributed by atoms with Gasteiger partial charge in [0.05, 0.1) is 17.3 Å². The lowest BCUT2D eigenvalue weighted by molar-refractivity contribution is 0.0790. The van der Waals surface area contributed by atoms with Crippen LogP contribution >= 0.6 is 0 Å². The first-order valence-electron chi connectivity index (χ1n) is 11.0. The lowest BCUT2D eigenvalue weighted by Gasteiger charge is -2.20. The molecule has 2 aromatic rings. The van der Waals surface area contributed by atoms with E-state index >= 15 is 0 Å². The van der Waals surface area contributed by atoms with E-state index in [2.05, 4.69) is 55.4 Å². The van der Waals surface area contributed by atoms with Crippen molar-refractivity contribution in [2.24, 2.45) is 5.41 Å². The van der Waals surface area contributed by atoms with E-state index in [1.165, 1.54) is 5.56 Å². The second kappa shape index (κ2) is 10.0. The van der Waals surface area contributed by atoms with E-state index in [0.717, 1.165) is 44.7 Å². The van der Waals surface area contributed by atoms with Crippen LogP contribution in [0.3, 0.4) is 0 Å². The Bertz CT molecular complexity index is 825. The Kier molecular flexibility index (Phi) is 7.43. The van der Waals surface area contributed by atoms with Crippen molar-refractivity contribution in [1.29, 1.82) is 0 Å². The molecule has 0 bridgehead atoms. The van der Waals surface area contributed by atoms with E-state index in [1.807, 2.05) is 23.1 Å². The molecule has 2 N–H and O–H groups in total. The van der Waals surface area contributed by atoms with Gasteiger partial charge in [-0.15, -0.1) is 0 Å². The highest BCUT2D eigenvalue weighted by Gasteiger charge is 2.23. The van der Waals surface area contributed by atoms with Crippen molar-refractivity contribution >= 4 is 11.9 Å². The molecule has 0 unspecified atom stereocenters. The lowest BCUT2D eigenvalue weighted by Crippen LogP contribution is -2.31. The fraction of sp³-hybridized carbons (Fsp3) is 0.542. The van der Waals surface area contributed by atoms with Gasteiger partial charge in [-0.2, -0.15) is 0 Å². The molecule has 1 aliphatic heterocycles. The van der Waals surface area contributed by atoms with Gasteiger partial charge >= 0.3 is 0 Å². The molecule has 30 heavy (non-hydrogen) atoms. The van der Waals surface area contributed by atoms with Crippen molar-refractivity contribution in [3.8, 4) is 0 Å². The topological polar surface area (TPSA) is 70.2 Å². The molecule has 0 aliphatic carbocycles. The molecular weight excluding hydrogens is 374 g/mol. The SMILES string of the molecule is C[C@H](Nc1ncc(C(=O)N2CCCC2)c(CCNCC(C)(C)C)n1)c1ccccc1. The maximum absolute atomic E-state index is 13.0. The van der Waals surface area contributed by atoms with Crippen LogP contribution in [0, 0.1) is 5.41 Å². The number of hydrogen-bond acceptors (Lipinski definition) is 5. The summed E-state index contributed by atoms with van der Waals surface area (Å²) in [6.07, 6.45) is 4.54. The first-order valence-corrected chi connectivity index (χ1v) is 11.0. The number of hydrogen-bond donors (Lipinski definition) is 2. The minimum absolute atomic E-state index is 0.0565. The Balaban J connectivity index is 1.75. The molecule has 1 fully saturated rings. The molecule has 2 heterocycles. The van der Waals surface area contributed by atoms with Gasteiger partial charge < -0.3 is 15.5 Å². The minimum atomic E-state index is 0.0565. The summed E-state index contributed by atoms with van der Waals surface area (Å²) in [4.78, 5) is 24.2. The number of benzene rings is 1. The van der Waals surface area contributed by atoms with Crippen LogP contribution in [0.5, 0.6) is 0 Å². The third-order valence-electron chi connectivity index (χ3n) is 5.33. The smallest absolute Gasteiger partial charge is 0.257 e. The predicted molar refractivity (Wildman–Crippen MR) is 122 cm³/mol. The average molecular weight is 410 g/mol. The number of rotatable bonds is 8. The Morgan fingerprint density at radius 3 is 2.53 bits per heavy atom. The molecule has 6 nitrogen and oxygen atoms in total.